The van der Waals surface area contributed by atoms with E-state index >= 15 is 0 Å². The van der Waals surface area contributed by atoms with Gasteiger partial charge in [-0.05, 0) is 12.2 Å². The third-order valence-corrected chi connectivity index (χ3v) is 0.989. The summed E-state index contributed by atoms with van der Waals surface area (Å²) in [6.07, 6.45) is 9.52. The van der Waals surface area contributed by atoms with Gasteiger partial charge in [0.25, 0.3) is 0 Å². The minimum absolute atomic E-state index is 0. The summed E-state index contributed by atoms with van der Waals surface area (Å²) in [5, 5.41) is 2.84. The molecule has 1 aliphatic rings. The third-order valence-electron chi connectivity index (χ3n) is 0.989. The first-order chi connectivity index (χ1) is 4.43. The standard InChI is InChI=1S/C7H7NO.ClH/c9-6-7-2-1-4-8-5-3-7;/h1-6,8H;1H. The number of carbonyl (C=O) groups excluding carboxylic acids is 1. The lowest BCUT2D eigenvalue weighted by Gasteiger charge is -1.81. The van der Waals surface area contributed by atoms with E-state index in [4.69, 9.17) is 0 Å². The fourth-order valence-electron chi connectivity index (χ4n) is 0.549. The molecule has 0 bridgehead atoms. The Labute approximate surface area is 65.7 Å². The van der Waals surface area contributed by atoms with Gasteiger partial charge in [0.2, 0.25) is 0 Å². The van der Waals surface area contributed by atoms with Crippen LogP contribution in [0.3, 0.4) is 0 Å². The first-order valence-electron chi connectivity index (χ1n) is 2.68. The Hall–Kier alpha value is -1.02. The predicted molar refractivity (Wildman–Crippen MR) is 42.8 cm³/mol. The van der Waals surface area contributed by atoms with E-state index in [2.05, 4.69) is 5.32 Å². The molecule has 0 spiro atoms. The van der Waals surface area contributed by atoms with Crippen LogP contribution in [0, 0.1) is 0 Å². The molecule has 3 heteroatoms. The largest absolute Gasteiger partial charge is 0.368 e. The van der Waals surface area contributed by atoms with Gasteiger partial charge in [0, 0.05) is 18.0 Å². The Balaban J connectivity index is 0.000000810. The maximum atomic E-state index is 10.1. The maximum absolute atomic E-state index is 10.1. The second-order valence-corrected chi connectivity index (χ2v) is 1.64. The zero-order chi connectivity index (χ0) is 6.53. The summed E-state index contributed by atoms with van der Waals surface area (Å²) in [6, 6.07) is 0. The van der Waals surface area contributed by atoms with Gasteiger partial charge in [-0.25, -0.2) is 0 Å². The van der Waals surface area contributed by atoms with Crippen molar-refractivity contribution < 1.29 is 4.79 Å². The van der Waals surface area contributed by atoms with Crippen LogP contribution in [0.1, 0.15) is 0 Å². The molecule has 0 aliphatic carbocycles. The van der Waals surface area contributed by atoms with Crippen molar-refractivity contribution in [2.24, 2.45) is 0 Å². The average Bonchev–Trinajstić information content (AvgIpc) is 2.13. The van der Waals surface area contributed by atoms with Crippen molar-refractivity contribution in [1.29, 1.82) is 0 Å². The van der Waals surface area contributed by atoms with Crippen LogP contribution in [0.4, 0.5) is 0 Å². The quantitative estimate of drug-likeness (QED) is 0.579. The lowest BCUT2D eigenvalue weighted by atomic mass is 10.3. The summed E-state index contributed by atoms with van der Waals surface area (Å²) < 4.78 is 0. The van der Waals surface area contributed by atoms with Crippen LogP contribution in [0.2, 0.25) is 0 Å². The summed E-state index contributed by atoms with van der Waals surface area (Å²) in [7, 11) is 0. The van der Waals surface area contributed by atoms with Crippen molar-refractivity contribution >= 4 is 18.7 Å². The highest BCUT2D eigenvalue weighted by Gasteiger charge is 1.86. The summed E-state index contributed by atoms with van der Waals surface area (Å²) in [6.45, 7) is 0. The Morgan fingerprint density at radius 2 is 2.20 bits per heavy atom. The smallest absolute Gasteiger partial charge is 0.150 e. The average molecular weight is 158 g/mol. The molecule has 0 aromatic rings. The summed E-state index contributed by atoms with van der Waals surface area (Å²) in [5.74, 6) is 0. The Bertz CT molecular complexity index is 194. The van der Waals surface area contributed by atoms with Crippen molar-refractivity contribution in [1.82, 2.24) is 5.32 Å². The van der Waals surface area contributed by atoms with Crippen LogP contribution >= 0.6 is 12.4 Å². The van der Waals surface area contributed by atoms with E-state index in [1.165, 1.54) is 0 Å². The van der Waals surface area contributed by atoms with Gasteiger partial charge in [0.05, 0.1) is 0 Å². The second kappa shape index (κ2) is 4.82. The van der Waals surface area contributed by atoms with E-state index in [1.54, 1.807) is 30.6 Å². The molecule has 0 saturated carbocycles. The highest BCUT2D eigenvalue weighted by molar-refractivity contribution is 5.85. The zero-order valence-corrected chi connectivity index (χ0v) is 6.10. The first-order valence-corrected chi connectivity index (χ1v) is 2.68. The topological polar surface area (TPSA) is 29.1 Å². The normalized spacial score (nSPS) is 14.2. The zero-order valence-electron chi connectivity index (χ0n) is 5.28. The van der Waals surface area contributed by atoms with Crippen LogP contribution in [0.15, 0.2) is 36.2 Å². The molecule has 0 unspecified atom stereocenters. The van der Waals surface area contributed by atoms with E-state index < -0.39 is 0 Å². The van der Waals surface area contributed by atoms with E-state index in [1.807, 2.05) is 0 Å². The molecule has 1 heterocycles. The molecule has 0 amide bonds. The third kappa shape index (κ3) is 2.51. The first kappa shape index (κ1) is 8.98. The molecule has 0 aromatic heterocycles. The van der Waals surface area contributed by atoms with Crippen LogP contribution in [-0.4, -0.2) is 6.29 Å². The number of nitrogens with one attached hydrogen (secondary N) is 1. The molecule has 0 atom stereocenters. The molecule has 2 nitrogen and oxygen atoms in total. The Morgan fingerprint density at radius 1 is 1.40 bits per heavy atom. The molecular weight excluding hydrogens is 150 g/mol. The predicted octanol–water partition coefficient (Wildman–Crippen LogP) is 1.16. The van der Waals surface area contributed by atoms with E-state index in [9.17, 15) is 4.79 Å². The molecule has 1 N–H and O–H groups in total. The number of hydrogen-bond donors (Lipinski definition) is 1. The molecular formula is C7H8ClNO. The minimum Gasteiger partial charge on any atom is -0.368 e. The number of hydrogen-bond acceptors (Lipinski definition) is 2. The molecule has 1 rings (SSSR count). The molecule has 0 aromatic carbocycles. The number of aldehydes is 1. The van der Waals surface area contributed by atoms with Gasteiger partial charge in [0.1, 0.15) is 6.29 Å². The minimum atomic E-state index is 0. The fourth-order valence-corrected chi connectivity index (χ4v) is 0.549. The molecule has 0 fully saturated rings. The van der Waals surface area contributed by atoms with Gasteiger partial charge in [-0.2, -0.15) is 0 Å². The number of carbonyl (C=O) groups is 1. The molecule has 0 radical (unpaired) electrons. The molecule has 10 heavy (non-hydrogen) atoms. The maximum Gasteiger partial charge on any atom is 0.150 e. The van der Waals surface area contributed by atoms with Gasteiger partial charge in [0.15, 0.2) is 0 Å². The lowest BCUT2D eigenvalue weighted by Crippen LogP contribution is -1.88. The van der Waals surface area contributed by atoms with Crippen LogP contribution in [0.25, 0.3) is 0 Å². The highest BCUT2D eigenvalue weighted by atomic mass is 35.5. The van der Waals surface area contributed by atoms with E-state index in [-0.39, 0.29) is 12.4 Å². The second-order valence-electron chi connectivity index (χ2n) is 1.64. The molecule has 0 saturated heterocycles. The van der Waals surface area contributed by atoms with Gasteiger partial charge in [-0.1, -0.05) is 6.08 Å². The van der Waals surface area contributed by atoms with Crippen molar-refractivity contribution in [3.05, 3.63) is 36.2 Å². The number of rotatable bonds is 1. The van der Waals surface area contributed by atoms with E-state index in [0.29, 0.717) is 5.57 Å². The van der Waals surface area contributed by atoms with Crippen molar-refractivity contribution in [2.45, 2.75) is 0 Å². The monoisotopic (exact) mass is 157 g/mol. The Morgan fingerprint density at radius 3 is 2.90 bits per heavy atom. The Kier molecular flexibility index (Phi) is 4.33. The summed E-state index contributed by atoms with van der Waals surface area (Å²) >= 11 is 0. The summed E-state index contributed by atoms with van der Waals surface area (Å²) in [5.41, 5.74) is 0.677. The van der Waals surface area contributed by atoms with E-state index in [0.717, 1.165) is 6.29 Å². The fraction of sp³-hybridized carbons (Fsp3) is 0. The highest BCUT2D eigenvalue weighted by Crippen LogP contribution is 1.94. The van der Waals surface area contributed by atoms with Gasteiger partial charge < -0.3 is 5.32 Å². The van der Waals surface area contributed by atoms with Crippen LogP contribution < -0.4 is 5.32 Å². The molecule has 54 valence electrons. The van der Waals surface area contributed by atoms with Crippen molar-refractivity contribution in [3.63, 3.8) is 0 Å². The van der Waals surface area contributed by atoms with Gasteiger partial charge in [-0.3, -0.25) is 4.79 Å². The van der Waals surface area contributed by atoms with Crippen molar-refractivity contribution in [3.8, 4) is 0 Å². The SMILES string of the molecule is Cl.O=CC1=CC=CNC=C1. The van der Waals surface area contributed by atoms with Crippen LogP contribution in [0.5, 0.6) is 0 Å². The number of halogens is 1. The van der Waals surface area contributed by atoms with Gasteiger partial charge >= 0.3 is 0 Å². The number of allylic oxidation sites excluding steroid dienone is 4. The van der Waals surface area contributed by atoms with Crippen molar-refractivity contribution in [2.75, 3.05) is 0 Å². The molecule has 1 aliphatic heterocycles. The lowest BCUT2D eigenvalue weighted by molar-refractivity contribution is -0.104. The van der Waals surface area contributed by atoms with Gasteiger partial charge in [-0.15, -0.1) is 12.4 Å². The summed E-state index contributed by atoms with van der Waals surface area (Å²) in [4.78, 5) is 10.1. The van der Waals surface area contributed by atoms with Crippen LogP contribution in [-0.2, 0) is 4.79 Å².